The Morgan fingerprint density at radius 2 is 2.23 bits per heavy atom. The van der Waals surface area contributed by atoms with E-state index in [1.807, 2.05) is 18.2 Å². The van der Waals surface area contributed by atoms with Crippen molar-refractivity contribution in [2.45, 2.75) is 13.0 Å². The van der Waals surface area contributed by atoms with Crippen LogP contribution in [0, 0.1) is 11.8 Å². The number of pyridine rings is 1. The number of aromatic amines is 1. The highest BCUT2D eigenvalue weighted by Gasteiger charge is 2.14. The van der Waals surface area contributed by atoms with Gasteiger partial charge in [-0.15, -0.1) is 11.3 Å². The van der Waals surface area contributed by atoms with Crippen LogP contribution in [0.3, 0.4) is 0 Å². The van der Waals surface area contributed by atoms with Crippen molar-refractivity contribution in [3.63, 3.8) is 0 Å². The molecule has 8 nitrogen and oxygen atoms in total. The second kappa shape index (κ2) is 9.11. The monoisotopic (exact) mass is 444 g/mol. The summed E-state index contributed by atoms with van der Waals surface area (Å²) in [6, 6.07) is 5.57. The second-order valence-electron chi connectivity index (χ2n) is 6.64. The average Bonchev–Trinajstić information content (AvgIpc) is 3.37. The zero-order chi connectivity index (χ0) is 21.8. The Bertz CT molecular complexity index is 1250. The maximum Gasteiger partial charge on any atom is 0.343 e. The molecule has 0 radical (unpaired) electrons. The van der Waals surface area contributed by atoms with Gasteiger partial charge in [-0.25, -0.2) is 14.9 Å². The Kier molecular flexibility index (Phi) is 6.11. The van der Waals surface area contributed by atoms with E-state index in [1.54, 1.807) is 6.20 Å². The number of aromatic nitrogens is 4. The number of anilines is 1. The molecule has 0 atom stereocenters. The first-order chi connectivity index (χ1) is 15.0. The Hall–Kier alpha value is -3.49. The average molecular weight is 444 g/mol. The van der Waals surface area contributed by atoms with E-state index < -0.39 is 11.8 Å². The topological polar surface area (TPSA) is 111 Å². The first-order valence-electron chi connectivity index (χ1n) is 9.38. The van der Waals surface area contributed by atoms with Gasteiger partial charge in [-0.05, 0) is 18.2 Å². The van der Waals surface area contributed by atoms with E-state index in [2.05, 4.69) is 32.3 Å². The SMILES string of the molecule is NCC(Cc1n[nH]c(=O)n1Cc1ccc(C#Cc2cnc3c(c2)NCCO3)s1)=C(F)F. The molecule has 4 heterocycles. The maximum absolute atomic E-state index is 12.9. The summed E-state index contributed by atoms with van der Waals surface area (Å²) >= 11 is 1.41. The molecule has 11 heteroatoms. The number of hydrogen-bond acceptors (Lipinski definition) is 7. The molecule has 4 N–H and O–H groups in total. The summed E-state index contributed by atoms with van der Waals surface area (Å²) in [6.07, 6.45) is -0.396. The van der Waals surface area contributed by atoms with E-state index in [9.17, 15) is 13.6 Å². The van der Waals surface area contributed by atoms with Gasteiger partial charge in [0.15, 0.2) is 0 Å². The number of H-pyrrole nitrogens is 1. The van der Waals surface area contributed by atoms with Crippen LogP contribution >= 0.6 is 11.3 Å². The third-order valence-corrected chi connectivity index (χ3v) is 5.52. The minimum atomic E-state index is -1.85. The molecule has 0 saturated heterocycles. The lowest BCUT2D eigenvalue weighted by atomic mass is 10.2. The molecule has 4 rings (SSSR count). The molecule has 3 aromatic rings. The van der Waals surface area contributed by atoms with Crippen LogP contribution < -0.4 is 21.5 Å². The molecule has 31 heavy (non-hydrogen) atoms. The zero-order valence-electron chi connectivity index (χ0n) is 16.2. The molecular weight excluding hydrogens is 426 g/mol. The van der Waals surface area contributed by atoms with Gasteiger partial charge < -0.3 is 15.8 Å². The minimum absolute atomic E-state index is 0.196. The zero-order valence-corrected chi connectivity index (χ0v) is 17.1. The number of ether oxygens (including phenoxy) is 1. The van der Waals surface area contributed by atoms with Gasteiger partial charge >= 0.3 is 5.69 Å². The summed E-state index contributed by atoms with van der Waals surface area (Å²) in [7, 11) is 0. The fraction of sp³-hybridized carbons (Fsp3) is 0.250. The van der Waals surface area contributed by atoms with Crippen LogP contribution in [0.5, 0.6) is 5.88 Å². The molecule has 1 aliphatic heterocycles. The second-order valence-corrected chi connectivity index (χ2v) is 7.81. The number of nitrogens with two attached hydrogens (primary N) is 1. The number of rotatable bonds is 5. The lowest BCUT2D eigenvalue weighted by Gasteiger charge is -2.17. The third-order valence-electron chi connectivity index (χ3n) is 4.54. The molecule has 0 spiro atoms. The molecule has 0 saturated carbocycles. The van der Waals surface area contributed by atoms with Crippen LogP contribution in [0.2, 0.25) is 0 Å². The Labute approximate surface area is 179 Å². The van der Waals surface area contributed by atoms with Gasteiger partial charge in [0.25, 0.3) is 6.08 Å². The molecular formula is C20H18F2N6O2S. The highest BCUT2D eigenvalue weighted by Crippen LogP contribution is 2.25. The molecule has 3 aromatic heterocycles. The van der Waals surface area contributed by atoms with Gasteiger partial charge in [0.1, 0.15) is 12.4 Å². The summed E-state index contributed by atoms with van der Waals surface area (Å²) in [5.74, 6) is 6.91. The van der Waals surface area contributed by atoms with E-state index >= 15 is 0 Å². The van der Waals surface area contributed by atoms with Crippen LogP contribution in [-0.4, -0.2) is 39.4 Å². The number of hydrogen-bond donors (Lipinski definition) is 3. The van der Waals surface area contributed by atoms with Crippen LogP contribution in [0.25, 0.3) is 0 Å². The van der Waals surface area contributed by atoms with Crippen molar-refractivity contribution in [1.82, 2.24) is 19.7 Å². The smallest absolute Gasteiger partial charge is 0.343 e. The maximum atomic E-state index is 12.9. The predicted octanol–water partition coefficient (Wildman–Crippen LogP) is 1.93. The fourth-order valence-corrected chi connectivity index (χ4v) is 3.82. The fourth-order valence-electron chi connectivity index (χ4n) is 2.97. The molecule has 0 bridgehead atoms. The molecule has 0 unspecified atom stereocenters. The van der Waals surface area contributed by atoms with Crippen molar-refractivity contribution in [2.24, 2.45) is 5.73 Å². The summed E-state index contributed by atoms with van der Waals surface area (Å²) in [4.78, 5) is 18.0. The van der Waals surface area contributed by atoms with E-state index in [0.29, 0.717) is 12.5 Å². The van der Waals surface area contributed by atoms with Crippen LogP contribution in [-0.2, 0) is 13.0 Å². The lowest BCUT2D eigenvalue weighted by molar-refractivity contribution is 0.310. The van der Waals surface area contributed by atoms with Gasteiger partial charge in [-0.2, -0.15) is 13.9 Å². The predicted molar refractivity (Wildman–Crippen MR) is 112 cm³/mol. The van der Waals surface area contributed by atoms with Gasteiger partial charge in [0.05, 0.1) is 17.1 Å². The number of thiophene rings is 1. The van der Waals surface area contributed by atoms with Crippen molar-refractivity contribution in [3.8, 4) is 17.7 Å². The highest BCUT2D eigenvalue weighted by molar-refractivity contribution is 7.12. The van der Waals surface area contributed by atoms with Crippen molar-refractivity contribution < 1.29 is 13.5 Å². The molecule has 0 amide bonds. The number of nitrogens with zero attached hydrogens (tertiary/aromatic N) is 3. The van der Waals surface area contributed by atoms with Gasteiger partial charge in [-0.3, -0.25) is 4.57 Å². The van der Waals surface area contributed by atoms with Crippen molar-refractivity contribution >= 4 is 17.0 Å². The summed E-state index contributed by atoms with van der Waals surface area (Å²) in [5, 5.41) is 9.38. The number of fused-ring (bicyclic) bond motifs is 1. The van der Waals surface area contributed by atoms with Gasteiger partial charge in [0.2, 0.25) is 5.88 Å². The molecule has 160 valence electrons. The molecule has 0 aromatic carbocycles. The Morgan fingerprint density at radius 1 is 1.35 bits per heavy atom. The van der Waals surface area contributed by atoms with E-state index in [4.69, 9.17) is 10.5 Å². The number of halogens is 2. The van der Waals surface area contributed by atoms with E-state index in [1.165, 1.54) is 15.9 Å². The van der Waals surface area contributed by atoms with Crippen molar-refractivity contribution in [1.29, 1.82) is 0 Å². The third kappa shape index (κ3) is 4.82. The first kappa shape index (κ1) is 20.8. The Balaban J connectivity index is 1.50. The van der Waals surface area contributed by atoms with E-state index in [0.717, 1.165) is 27.5 Å². The van der Waals surface area contributed by atoms with Gasteiger partial charge in [-0.1, -0.05) is 11.8 Å². The Morgan fingerprint density at radius 3 is 3.03 bits per heavy atom. The summed E-state index contributed by atoms with van der Waals surface area (Å²) in [5.41, 5.74) is 6.19. The largest absolute Gasteiger partial charge is 0.474 e. The molecule has 0 fully saturated rings. The minimum Gasteiger partial charge on any atom is -0.474 e. The molecule has 0 aliphatic carbocycles. The van der Waals surface area contributed by atoms with Crippen LogP contribution in [0.15, 0.2) is 40.8 Å². The van der Waals surface area contributed by atoms with E-state index in [-0.39, 0.29) is 30.9 Å². The highest BCUT2D eigenvalue weighted by atomic mass is 32.1. The summed E-state index contributed by atoms with van der Waals surface area (Å²) < 4.78 is 32.6. The van der Waals surface area contributed by atoms with Gasteiger partial charge in [0, 0.05) is 41.7 Å². The number of nitrogens with one attached hydrogen (secondary N) is 2. The van der Waals surface area contributed by atoms with Crippen molar-refractivity contribution in [2.75, 3.05) is 25.0 Å². The van der Waals surface area contributed by atoms with Crippen LogP contribution in [0.4, 0.5) is 14.5 Å². The standard InChI is InChI=1S/C20H18F2N6O2S/c21-18(22)13(9-23)8-17-26-27-20(29)28(17)11-15-4-3-14(31-15)2-1-12-7-16-19(25-10-12)30-6-5-24-16/h3-4,7,10,24H,5-6,8-9,11,23H2,(H,27,29). The quantitative estimate of drug-likeness (QED) is 0.519. The normalized spacial score (nSPS) is 12.2. The molecule has 1 aliphatic rings. The summed E-state index contributed by atoms with van der Waals surface area (Å²) in [6.45, 7) is 1.19. The first-order valence-corrected chi connectivity index (χ1v) is 10.2. The lowest BCUT2D eigenvalue weighted by Crippen LogP contribution is -2.20. The van der Waals surface area contributed by atoms with Crippen LogP contribution in [0.1, 0.15) is 21.1 Å². The van der Waals surface area contributed by atoms with Crippen molar-refractivity contribution in [3.05, 3.63) is 67.7 Å².